The van der Waals surface area contributed by atoms with Gasteiger partial charge in [-0.3, -0.25) is 5.10 Å². The molecular formula is C12H14BrN3O3S. The summed E-state index contributed by atoms with van der Waals surface area (Å²) < 4.78 is 27.8. The van der Waals surface area contributed by atoms with Crippen molar-refractivity contribution in [2.45, 2.75) is 24.5 Å². The molecule has 108 valence electrons. The standard InChI is InChI=1S/C12H14BrN3O3S/c1-8(10-5-14-15-6-10)16-20(18,19)12-4-9(7-17)2-3-11(12)13/h2-6,8,16-17H,7H2,1H3,(H,14,15). The molecule has 0 aliphatic heterocycles. The number of hydrogen-bond acceptors (Lipinski definition) is 4. The third-order valence-electron chi connectivity index (χ3n) is 2.82. The van der Waals surface area contributed by atoms with Gasteiger partial charge in [0.1, 0.15) is 0 Å². The molecule has 0 aliphatic rings. The summed E-state index contributed by atoms with van der Waals surface area (Å²) in [5, 5.41) is 15.5. The molecule has 8 heteroatoms. The average Bonchev–Trinajstić information content (AvgIpc) is 2.92. The number of aromatic nitrogens is 2. The van der Waals surface area contributed by atoms with Gasteiger partial charge in [0.05, 0.1) is 17.7 Å². The molecule has 1 aromatic heterocycles. The normalized spacial score (nSPS) is 13.3. The van der Waals surface area contributed by atoms with E-state index in [2.05, 4.69) is 30.8 Å². The number of H-pyrrole nitrogens is 1. The highest BCUT2D eigenvalue weighted by Crippen LogP contribution is 2.25. The summed E-state index contributed by atoms with van der Waals surface area (Å²) in [6.45, 7) is 1.51. The number of aliphatic hydroxyl groups excluding tert-OH is 1. The Morgan fingerprint density at radius 1 is 1.50 bits per heavy atom. The van der Waals surface area contributed by atoms with Crippen LogP contribution >= 0.6 is 15.9 Å². The first kappa shape index (κ1) is 15.2. The highest BCUT2D eigenvalue weighted by molar-refractivity contribution is 9.10. The van der Waals surface area contributed by atoms with E-state index in [1.165, 1.54) is 6.07 Å². The van der Waals surface area contributed by atoms with Crippen molar-refractivity contribution in [1.82, 2.24) is 14.9 Å². The minimum Gasteiger partial charge on any atom is -0.392 e. The van der Waals surface area contributed by atoms with Crippen molar-refractivity contribution in [2.24, 2.45) is 0 Å². The van der Waals surface area contributed by atoms with Crippen LogP contribution in [0.2, 0.25) is 0 Å². The van der Waals surface area contributed by atoms with Crippen LogP contribution in [0.1, 0.15) is 24.1 Å². The van der Waals surface area contributed by atoms with E-state index in [9.17, 15) is 8.42 Å². The SMILES string of the molecule is CC(NS(=O)(=O)c1cc(CO)ccc1Br)c1cn[nH]c1. The molecule has 20 heavy (non-hydrogen) atoms. The van der Waals surface area contributed by atoms with Crippen molar-refractivity contribution in [3.8, 4) is 0 Å². The minimum atomic E-state index is -3.70. The van der Waals surface area contributed by atoms with Crippen molar-refractivity contribution in [3.05, 3.63) is 46.2 Å². The van der Waals surface area contributed by atoms with Gasteiger partial charge in [-0.1, -0.05) is 6.07 Å². The fraction of sp³-hybridized carbons (Fsp3) is 0.250. The van der Waals surface area contributed by atoms with Gasteiger partial charge in [0.25, 0.3) is 0 Å². The van der Waals surface area contributed by atoms with E-state index in [1.54, 1.807) is 31.5 Å². The van der Waals surface area contributed by atoms with E-state index in [0.717, 1.165) is 5.56 Å². The Morgan fingerprint density at radius 3 is 2.85 bits per heavy atom. The molecule has 1 heterocycles. The lowest BCUT2D eigenvalue weighted by molar-refractivity contribution is 0.281. The van der Waals surface area contributed by atoms with Gasteiger partial charge in [-0.2, -0.15) is 5.10 Å². The molecule has 6 nitrogen and oxygen atoms in total. The highest BCUT2D eigenvalue weighted by atomic mass is 79.9. The number of nitrogens with zero attached hydrogens (tertiary/aromatic N) is 1. The van der Waals surface area contributed by atoms with Gasteiger partial charge in [-0.25, -0.2) is 13.1 Å². The molecule has 1 unspecified atom stereocenters. The van der Waals surface area contributed by atoms with Crippen molar-refractivity contribution in [3.63, 3.8) is 0 Å². The van der Waals surface area contributed by atoms with Gasteiger partial charge in [0.15, 0.2) is 0 Å². The van der Waals surface area contributed by atoms with Gasteiger partial charge in [-0.15, -0.1) is 0 Å². The molecule has 0 radical (unpaired) electrons. The molecule has 2 rings (SSSR count). The predicted molar refractivity (Wildman–Crippen MR) is 77.4 cm³/mol. The van der Waals surface area contributed by atoms with E-state index in [-0.39, 0.29) is 11.5 Å². The van der Waals surface area contributed by atoms with Crippen molar-refractivity contribution < 1.29 is 13.5 Å². The van der Waals surface area contributed by atoms with Crippen LogP contribution in [0.15, 0.2) is 40.0 Å². The zero-order valence-electron chi connectivity index (χ0n) is 10.7. The molecule has 1 aromatic carbocycles. The Hall–Kier alpha value is -1.22. The number of aromatic amines is 1. The van der Waals surface area contributed by atoms with E-state index < -0.39 is 16.1 Å². The number of hydrogen-bond donors (Lipinski definition) is 3. The molecule has 2 aromatic rings. The maximum atomic E-state index is 12.4. The number of aliphatic hydroxyl groups is 1. The summed E-state index contributed by atoms with van der Waals surface area (Å²) in [6, 6.07) is 4.28. The molecule has 0 bridgehead atoms. The summed E-state index contributed by atoms with van der Waals surface area (Å²) in [7, 11) is -3.70. The monoisotopic (exact) mass is 359 g/mol. The van der Waals surface area contributed by atoms with Crippen molar-refractivity contribution in [1.29, 1.82) is 0 Å². The molecule has 0 saturated heterocycles. The maximum Gasteiger partial charge on any atom is 0.242 e. The van der Waals surface area contributed by atoms with Crippen LogP contribution in [0.3, 0.4) is 0 Å². The fourth-order valence-electron chi connectivity index (χ4n) is 1.71. The quantitative estimate of drug-likeness (QED) is 0.757. The summed E-state index contributed by atoms with van der Waals surface area (Å²) in [6.07, 6.45) is 3.19. The number of halogens is 1. The second kappa shape index (κ2) is 6.04. The first-order chi connectivity index (χ1) is 9.44. The zero-order valence-corrected chi connectivity index (χ0v) is 13.1. The first-order valence-corrected chi connectivity index (χ1v) is 8.12. The smallest absolute Gasteiger partial charge is 0.242 e. The summed E-state index contributed by atoms with van der Waals surface area (Å²) >= 11 is 3.21. The van der Waals surface area contributed by atoms with Gasteiger partial charge in [0, 0.05) is 22.3 Å². The Morgan fingerprint density at radius 2 is 2.25 bits per heavy atom. The third kappa shape index (κ3) is 3.26. The van der Waals surface area contributed by atoms with E-state index in [1.807, 2.05) is 0 Å². The third-order valence-corrected chi connectivity index (χ3v) is 5.35. The van der Waals surface area contributed by atoms with Crippen LogP contribution in [-0.2, 0) is 16.6 Å². The van der Waals surface area contributed by atoms with Crippen LogP contribution in [0.25, 0.3) is 0 Å². The Kier molecular flexibility index (Phi) is 4.59. The van der Waals surface area contributed by atoms with Gasteiger partial charge in [-0.05, 0) is 40.5 Å². The van der Waals surface area contributed by atoms with E-state index in [0.29, 0.717) is 10.0 Å². The predicted octanol–water partition coefficient (Wildman–Crippen LogP) is 1.70. The van der Waals surface area contributed by atoms with Crippen molar-refractivity contribution >= 4 is 26.0 Å². The van der Waals surface area contributed by atoms with Gasteiger partial charge in [0.2, 0.25) is 10.0 Å². The van der Waals surface area contributed by atoms with Crippen LogP contribution in [0.4, 0.5) is 0 Å². The maximum absolute atomic E-state index is 12.4. The molecule has 0 spiro atoms. The summed E-state index contributed by atoms with van der Waals surface area (Å²) in [5.74, 6) is 0. The Labute approximate surface area is 125 Å². The molecule has 0 amide bonds. The minimum absolute atomic E-state index is 0.0967. The molecule has 0 aliphatic carbocycles. The van der Waals surface area contributed by atoms with Gasteiger partial charge < -0.3 is 5.11 Å². The topological polar surface area (TPSA) is 95.1 Å². The van der Waals surface area contributed by atoms with Crippen LogP contribution in [0, 0.1) is 0 Å². The largest absolute Gasteiger partial charge is 0.392 e. The number of benzene rings is 1. The lowest BCUT2D eigenvalue weighted by atomic mass is 10.2. The van der Waals surface area contributed by atoms with Crippen molar-refractivity contribution in [2.75, 3.05) is 0 Å². The molecule has 1 atom stereocenters. The second-order valence-corrected chi connectivity index (χ2v) is 6.83. The number of nitrogens with one attached hydrogen (secondary N) is 2. The summed E-state index contributed by atoms with van der Waals surface area (Å²) in [5.41, 5.74) is 1.27. The molecule has 0 fully saturated rings. The van der Waals surface area contributed by atoms with Crippen LogP contribution in [-0.4, -0.2) is 23.7 Å². The van der Waals surface area contributed by atoms with E-state index >= 15 is 0 Å². The Bertz CT molecular complexity index is 686. The highest BCUT2D eigenvalue weighted by Gasteiger charge is 2.21. The Balaban J connectivity index is 2.31. The average molecular weight is 360 g/mol. The zero-order chi connectivity index (χ0) is 14.8. The lowest BCUT2D eigenvalue weighted by Gasteiger charge is -2.14. The molecule has 3 N–H and O–H groups in total. The fourth-order valence-corrected chi connectivity index (χ4v) is 3.96. The number of sulfonamides is 1. The number of rotatable bonds is 5. The van der Waals surface area contributed by atoms with Crippen LogP contribution in [0.5, 0.6) is 0 Å². The van der Waals surface area contributed by atoms with Gasteiger partial charge >= 0.3 is 0 Å². The first-order valence-electron chi connectivity index (χ1n) is 5.84. The molecular weight excluding hydrogens is 346 g/mol. The second-order valence-electron chi connectivity index (χ2n) is 4.30. The van der Waals surface area contributed by atoms with E-state index in [4.69, 9.17) is 5.11 Å². The summed E-state index contributed by atoms with van der Waals surface area (Å²) in [4.78, 5) is 0.0967. The van der Waals surface area contributed by atoms with Crippen LogP contribution < -0.4 is 4.72 Å². The lowest BCUT2D eigenvalue weighted by Crippen LogP contribution is -2.27. The molecule has 0 saturated carbocycles.